The third-order valence-electron chi connectivity index (χ3n) is 2.50. The van der Waals surface area contributed by atoms with Crippen LogP contribution in [-0.4, -0.2) is 19.6 Å². The van der Waals surface area contributed by atoms with E-state index in [0.717, 1.165) is 44.1 Å². The van der Waals surface area contributed by atoms with Crippen molar-refractivity contribution in [2.75, 3.05) is 19.6 Å². The summed E-state index contributed by atoms with van der Waals surface area (Å²) in [5, 5.41) is 6.77. The van der Waals surface area contributed by atoms with Crippen LogP contribution >= 0.6 is 0 Å². The summed E-state index contributed by atoms with van der Waals surface area (Å²) >= 11 is 0. The number of hydrogen-bond donors (Lipinski definition) is 2. The average molecular weight is 224 g/mol. The maximum Gasteiger partial charge on any atom is 0.117 e. The van der Waals surface area contributed by atoms with Crippen molar-refractivity contribution in [1.29, 1.82) is 0 Å². The minimum atomic E-state index is 0.841. The summed E-state index contributed by atoms with van der Waals surface area (Å²) in [7, 11) is 0. The van der Waals surface area contributed by atoms with E-state index < -0.39 is 0 Å². The van der Waals surface area contributed by atoms with Crippen molar-refractivity contribution in [3.63, 3.8) is 0 Å². The standard InChI is InChI=1S/C13H24N2O/c1-3-8-14-9-5-10-15-11-13-7-6-12(4-2)16-13/h6-7,14-15H,3-5,8-11H2,1-2H3. The van der Waals surface area contributed by atoms with Gasteiger partial charge >= 0.3 is 0 Å². The Bertz CT molecular complexity index is 271. The largest absolute Gasteiger partial charge is 0.465 e. The van der Waals surface area contributed by atoms with Gasteiger partial charge in [-0.05, 0) is 44.6 Å². The van der Waals surface area contributed by atoms with E-state index in [-0.39, 0.29) is 0 Å². The van der Waals surface area contributed by atoms with Crippen LogP contribution in [0.5, 0.6) is 0 Å². The topological polar surface area (TPSA) is 37.2 Å². The molecule has 3 heteroatoms. The van der Waals surface area contributed by atoms with E-state index in [1.807, 2.05) is 0 Å². The van der Waals surface area contributed by atoms with Gasteiger partial charge in [0.05, 0.1) is 6.54 Å². The van der Waals surface area contributed by atoms with E-state index in [1.54, 1.807) is 0 Å². The van der Waals surface area contributed by atoms with Gasteiger partial charge in [0.1, 0.15) is 11.5 Å². The first-order chi connectivity index (χ1) is 7.86. The molecule has 1 heterocycles. The average Bonchev–Trinajstić information content (AvgIpc) is 2.76. The molecule has 3 nitrogen and oxygen atoms in total. The zero-order chi connectivity index (χ0) is 11.6. The van der Waals surface area contributed by atoms with Gasteiger partial charge in [0.25, 0.3) is 0 Å². The smallest absolute Gasteiger partial charge is 0.117 e. The van der Waals surface area contributed by atoms with Crippen molar-refractivity contribution < 1.29 is 4.42 Å². The maximum atomic E-state index is 5.60. The van der Waals surface area contributed by atoms with Gasteiger partial charge in [-0.1, -0.05) is 13.8 Å². The van der Waals surface area contributed by atoms with Crippen LogP contribution < -0.4 is 10.6 Å². The summed E-state index contributed by atoms with van der Waals surface area (Å²) in [5.41, 5.74) is 0. The molecule has 0 aliphatic carbocycles. The molecule has 0 saturated heterocycles. The van der Waals surface area contributed by atoms with Crippen molar-refractivity contribution in [2.45, 2.75) is 39.7 Å². The number of furan rings is 1. The van der Waals surface area contributed by atoms with Crippen LogP contribution in [0, 0.1) is 0 Å². The monoisotopic (exact) mass is 224 g/mol. The zero-order valence-corrected chi connectivity index (χ0v) is 10.5. The molecule has 0 amide bonds. The molecule has 0 atom stereocenters. The Morgan fingerprint density at radius 1 is 1.00 bits per heavy atom. The lowest BCUT2D eigenvalue weighted by Gasteiger charge is -2.04. The molecule has 0 spiro atoms. The summed E-state index contributed by atoms with van der Waals surface area (Å²) in [6, 6.07) is 4.11. The maximum absolute atomic E-state index is 5.60. The van der Waals surface area contributed by atoms with Crippen LogP contribution in [0.25, 0.3) is 0 Å². The Kier molecular flexibility index (Phi) is 6.93. The van der Waals surface area contributed by atoms with E-state index >= 15 is 0 Å². The predicted octanol–water partition coefficient (Wildman–Crippen LogP) is 2.32. The Labute approximate surface area is 98.6 Å². The first-order valence-electron chi connectivity index (χ1n) is 6.35. The molecule has 16 heavy (non-hydrogen) atoms. The molecule has 0 radical (unpaired) electrons. The van der Waals surface area contributed by atoms with E-state index in [2.05, 4.69) is 36.6 Å². The van der Waals surface area contributed by atoms with Gasteiger partial charge in [-0.2, -0.15) is 0 Å². The Morgan fingerprint density at radius 3 is 2.44 bits per heavy atom. The van der Waals surface area contributed by atoms with Crippen molar-refractivity contribution in [3.8, 4) is 0 Å². The van der Waals surface area contributed by atoms with Gasteiger partial charge in [-0.25, -0.2) is 0 Å². The lowest BCUT2D eigenvalue weighted by Crippen LogP contribution is -2.22. The second-order valence-corrected chi connectivity index (χ2v) is 4.00. The highest BCUT2D eigenvalue weighted by atomic mass is 16.3. The van der Waals surface area contributed by atoms with Gasteiger partial charge in [0.2, 0.25) is 0 Å². The van der Waals surface area contributed by atoms with E-state index in [0.29, 0.717) is 0 Å². The number of aryl methyl sites for hydroxylation is 1. The minimum Gasteiger partial charge on any atom is -0.465 e. The first-order valence-corrected chi connectivity index (χ1v) is 6.35. The molecule has 1 aromatic rings. The molecule has 0 aliphatic rings. The molecule has 1 rings (SSSR count). The number of nitrogens with one attached hydrogen (secondary N) is 2. The summed E-state index contributed by atoms with van der Waals surface area (Å²) < 4.78 is 5.60. The highest BCUT2D eigenvalue weighted by molar-refractivity contribution is 5.06. The number of rotatable bonds is 9. The Morgan fingerprint density at radius 2 is 1.75 bits per heavy atom. The van der Waals surface area contributed by atoms with Crippen LogP contribution in [0.2, 0.25) is 0 Å². The molecule has 92 valence electrons. The van der Waals surface area contributed by atoms with Gasteiger partial charge in [-0.3, -0.25) is 0 Å². The highest BCUT2D eigenvalue weighted by Crippen LogP contribution is 2.07. The highest BCUT2D eigenvalue weighted by Gasteiger charge is 1.98. The van der Waals surface area contributed by atoms with Crippen LogP contribution in [-0.2, 0) is 13.0 Å². The fraction of sp³-hybridized carbons (Fsp3) is 0.692. The van der Waals surface area contributed by atoms with Gasteiger partial charge < -0.3 is 15.1 Å². The molecule has 0 aromatic carbocycles. The van der Waals surface area contributed by atoms with E-state index in [1.165, 1.54) is 12.8 Å². The van der Waals surface area contributed by atoms with Crippen LogP contribution in [0.3, 0.4) is 0 Å². The SMILES string of the molecule is CCCNCCCNCc1ccc(CC)o1. The predicted molar refractivity (Wildman–Crippen MR) is 67.6 cm³/mol. The molecule has 1 aromatic heterocycles. The minimum absolute atomic E-state index is 0.841. The summed E-state index contributed by atoms with van der Waals surface area (Å²) in [4.78, 5) is 0. The van der Waals surface area contributed by atoms with Crippen molar-refractivity contribution in [2.24, 2.45) is 0 Å². The lowest BCUT2D eigenvalue weighted by atomic mass is 10.3. The third kappa shape index (κ3) is 5.33. The van der Waals surface area contributed by atoms with Crippen LogP contribution in [0.1, 0.15) is 38.2 Å². The van der Waals surface area contributed by atoms with Gasteiger partial charge in [0.15, 0.2) is 0 Å². The molecule has 0 saturated carbocycles. The third-order valence-corrected chi connectivity index (χ3v) is 2.50. The molecule has 0 fully saturated rings. The van der Waals surface area contributed by atoms with Crippen molar-refractivity contribution >= 4 is 0 Å². The lowest BCUT2D eigenvalue weighted by molar-refractivity contribution is 0.448. The molecule has 0 aliphatic heterocycles. The second kappa shape index (κ2) is 8.36. The molecule has 2 N–H and O–H groups in total. The zero-order valence-electron chi connectivity index (χ0n) is 10.5. The summed E-state index contributed by atoms with van der Waals surface area (Å²) in [5.74, 6) is 2.11. The van der Waals surface area contributed by atoms with Crippen LogP contribution in [0.4, 0.5) is 0 Å². The molecular weight excluding hydrogens is 200 g/mol. The fourth-order valence-electron chi connectivity index (χ4n) is 1.56. The fourth-order valence-corrected chi connectivity index (χ4v) is 1.56. The van der Waals surface area contributed by atoms with E-state index in [9.17, 15) is 0 Å². The van der Waals surface area contributed by atoms with Crippen molar-refractivity contribution in [3.05, 3.63) is 23.7 Å². The van der Waals surface area contributed by atoms with Gasteiger partial charge in [-0.15, -0.1) is 0 Å². The second-order valence-electron chi connectivity index (χ2n) is 4.00. The van der Waals surface area contributed by atoms with Crippen molar-refractivity contribution in [1.82, 2.24) is 10.6 Å². The van der Waals surface area contributed by atoms with Crippen LogP contribution in [0.15, 0.2) is 16.5 Å². The number of hydrogen-bond acceptors (Lipinski definition) is 3. The quantitative estimate of drug-likeness (QED) is 0.632. The normalized spacial score (nSPS) is 10.9. The van der Waals surface area contributed by atoms with Gasteiger partial charge in [0, 0.05) is 6.42 Å². The Hall–Kier alpha value is -0.800. The molecule has 0 unspecified atom stereocenters. The first kappa shape index (κ1) is 13.3. The Balaban J connectivity index is 1.98. The molecular formula is C13H24N2O. The summed E-state index contributed by atoms with van der Waals surface area (Å²) in [6.07, 6.45) is 3.35. The summed E-state index contributed by atoms with van der Waals surface area (Å²) in [6.45, 7) is 8.40. The van der Waals surface area contributed by atoms with E-state index in [4.69, 9.17) is 4.42 Å². The molecule has 0 bridgehead atoms.